The van der Waals surface area contributed by atoms with E-state index in [-0.39, 0.29) is 41.5 Å². The third kappa shape index (κ3) is 2.94. The maximum atomic E-state index is 13.2. The zero-order chi connectivity index (χ0) is 18.1. The molecule has 26 heavy (non-hydrogen) atoms. The summed E-state index contributed by atoms with van der Waals surface area (Å²) in [4.78, 5) is 28.0. The summed E-state index contributed by atoms with van der Waals surface area (Å²) in [5.41, 5.74) is 1.13. The third-order valence-corrected chi connectivity index (χ3v) is 6.48. The molecular formula is C23H27NO2. The summed E-state index contributed by atoms with van der Waals surface area (Å²) in [6.07, 6.45) is 12.4. The van der Waals surface area contributed by atoms with Crippen molar-refractivity contribution >= 4 is 17.9 Å². The number of allylic oxidation sites excluding steroid dienone is 2. The molecule has 0 spiro atoms. The second-order valence-electron chi connectivity index (χ2n) is 7.96. The van der Waals surface area contributed by atoms with Gasteiger partial charge < -0.3 is 0 Å². The Hall–Kier alpha value is -2.16. The van der Waals surface area contributed by atoms with Gasteiger partial charge in [-0.2, -0.15) is 0 Å². The molecule has 136 valence electrons. The Labute approximate surface area is 155 Å². The predicted molar refractivity (Wildman–Crippen MR) is 103 cm³/mol. The number of likely N-dealkylation sites (tertiary alicyclic amines) is 1. The lowest BCUT2D eigenvalue weighted by Crippen LogP contribution is -2.43. The summed E-state index contributed by atoms with van der Waals surface area (Å²) >= 11 is 0. The quantitative estimate of drug-likeness (QED) is 0.595. The smallest absolute Gasteiger partial charge is 0.233 e. The summed E-state index contributed by atoms with van der Waals surface area (Å²) in [6, 6.07) is 10.3. The van der Waals surface area contributed by atoms with Gasteiger partial charge in [-0.3, -0.25) is 14.5 Å². The number of carbonyl (C=O) groups is 2. The fourth-order valence-corrected chi connectivity index (χ4v) is 5.18. The first-order valence-corrected chi connectivity index (χ1v) is 9.93. The van der Waals surface area contributed by atoms with Crippen LogP contribution < -0.4 is 0 Å². The number of imide groups is 1. The van der Waals surface area contributed by atoms with Gasteiger partial charge in [-0.1, -0.05) is 67.8 Å². The van der Waals surface area contributed by atoms with Crippen molar-refractivity contribution in [2.75, 3.05) is 0 Å². The highest BCUT2D eigenvalue weighted by Crippen LogP contribution is 2.50. The molecular weight excluding hydrogens is 322 g/mol. The minimum Gasteiger partial charge on any atom is -0.279 e. The van der Waals surface area contributed by atoms with E-state index in [0.717, 1.165) is 37.7 Å². The van der Waals surface area contributed by atoms with E-state index >= 15 is 0 Å². The maximum absolute atomic E-state index is 13.2. The molecule has 3 heteroatoms. The fraction of sp³-hybridized carbons (Fsp3) is 0.478. The highest BCUT2D eigenvalue weighted by atomic mass is 16.2. The zero-order valence-electron chi connectivity index (χ0n) is 15.2. The first kappa shape index (κ1) is 17.3. The molecule has 0 aromatic heterocycles. The van der Waals surface area contributed by atoms with Crippen LogP contribution in [0.5, 0.6) is 0 Å². The normalized spacial score (nSPS) is 32.4. The molecule has 1 heterocycles. The number of carbonyl (C=O) groups excluding carboxylic acids is 2. The van der Waals surface area contributed by atoms with Crippen LogP contribution >= 0.6 is 0 Å². The molecule has 3 nitrogen and oxygen atoms in total. The predicted octanol–water partition coefficient (Wildman–Crippen LogP) is 4.46. The highest BCUT2D eigenvalue weighted by molar-refractivity contribution is 6.06. The minimum atomic E-state index is -0.202. The van der Waals surface area contributed by atoms with Crippen molar-refractivity contribution in [3.05, 3.63) is 54.6 Å². The van der Waals surface area contributed by atoms with Crippen LogP contribution in [0.4, 0.5) is 0 Å². The van der Waals surface area contributed by atoms with Crippen molar-refractivity contribution in [2.45, 2.75) is 44.6 Å². The fourth-order valence-electron chi connectivity index (χ4n) is 5.18. The molecule has 0 bridgehead atoms. The summed E-state index contributed by atoms with van der Waals surface area (Å²) in [6.45, 7) is 3.95. The average molecular weight is 349 g/mol. The van der Waals surface area contributed by atoms with Gasteiger partial charge in [-0.25, -0.2) is 0 Å². The lowest BCUT2D eigenvalue weighted by atomic mass is 9.89. The van der Waals surface area contributed by atoms with Gasteiger partial charge in [0.1, 0.15) is 0 Å². The summed E-state index contributed by atoms with van der Waals surface area (Å²) in [5, 5.41) is 0. The Morgan fingerprint density at radius 3 is 2.23 bits per heavy atom. The molecule has 4 unspecified atom stereocenters. The Balaban J connectivity index is 1.59. The number of benzene rings is 1. The van der Waals surface area contributed by atoms with Crippen molar-refractivity contribution in [1.29, 1.82) is 0 Å². The Bertz CT molecular complexity index is 717. The second-order valence-corrected chi connectivity index (χ2v) is 7.96. The van der Waals surface area contributed by atoms with Crippen LogP contribution in [-0.4, -0.2) is 22.8 Å². The number of rotatable bonds is 4. The Morgan fingerprint density at radius 1 is 0.923 bits per heavy atom. The molecule has 1 saturated heterocycles. The molecule has 4 atom stereocenters. The molecule has 3 fully saturated rings. The molecule has 1 aromatic carbocycles. The third-order valence-electron chi connectivity index (χ3n) is 6.48. The van der Waals surface area contributed by atoms with E-state index in [2.05, 4.69) is 30.9 Å². The van der Waals surface area contributed by atoms with Crippen molar-refractivity contribution in [1.82, 2.24) is 4.90 Å². The van der Waals surface area contributed by atoms with Crippen LogP contribution in [0.25, 0.3) is 6.08 Å². The second kappa shape index (κ2) is 7.22. The van der Waals surface area contributed by atoms with Crippen LogP contribution in [0, 0.1) is 23.7 Å². The van der Waals surface area contributed by atoms with Crippen LogP contribution in [0.3, 0.4) is 0 Å². The van der Waals surface area contributed by atoms with Gasteiger partial charge in [-0.15, -0.1) is 6.58 Å². The Kier molecular flexibility index (Phi) is 4.80. The zero-order valence-corrected chi connectivity index (χ0v) is 15.2. The van der Waals surface area contributed by atoms with E-state index in [4.69, 9.17) is 0 Å². The molecule has 2 amide bonds. The first-order valence-electron chi connectivity index (χ1n) is 9.93. The van der Waals surface area contributed by atoms with E-state index in [1.54, 1.807) is 4.90 Å². The van der Waals surface area contributed by atoms with Crippen LogP contribution in [0.2, 0.25) is 0 Å². The Morgan fingerprint density at radius 2 is 1.58 bits per heavy atom. The average Bonchev–Trinajstić information content (AvgIpc) is 3.18. The van der Waals surface area contributed by atoms with Gasteiger partial charge in [0.05, 0.1) is 11.8 Å². The molecule has 4 rings (SSSR count). The lowest BCUT2D eigenvalue weighted by molar-refractivity contribution is -0.144. The van der Waals surface area contributed by atoms with Gasteiger partial charge >= 0.3 is 0 Å². The highest BCUT2D eigenvalue weighted by Gasteiger charge is 2.58. The first-order chi connectivity index (χ1) is 12.7. The maximum Gasteiger partial charge on any atom is 0.233 e. The van der Waals surface area contributed by atoms with Gasteiger partial charge in [0.2, 0.25) is 11.8 Å². The summed E-state index contributed by atoms with van der Waals surface area (Å²) in [5.74, 6) is -0.0465. The number of hydrogen-bond acceptors (Lipinski definition) is 2. The van der Waals surface area contributed by atoms with Crippen LogP contribution in [0.15, 0.2) is 49.1 Å². The van der Waals surface area contributed by atoms with Crippen molar-refractivity contribution < 1.29 is 9.59 Å². The van der Waals surface area contributed by atoms with Crippen LogP contribution in [0.1, 0.15) is 44.1 Å². The van der Waals surface area contributed by atoms with Crippen LogP contribution in [-0.2, 0) is 9.59 Å². The molecule has 2 saturated carbocycles. The molecule has 0 radical (unpaired) electrons. The van der Waals surface area contributed by atoms with Gasteiger partial charge in [0, 0.05) is 6.04 Å². The monoisotopic (exact) mass is 349 g/mol. The number of fused-ring (bicyclic) bond motifs is 1. The topological polar surface area (TPSA) is 37.4 Å². The number of nitrogens with zero attached hydrogens (tertiary/aromatic N) is 1. The summed E-state index contributed by atoms with van der Waals surface area (Å²) < 4.78 is 0. The standard InChI is InChI=1S/C23H27NO2/c1-2-17-15-18(14-13-16-9-5-3-6-10-16)21-20(17)22(25)24(23(21)26)19-11-7-4-8-12-19/h2-3,5-6,9-10,13-14,17-21H,1,4,7-8,11-12,15H2/b14-13+. The van der Waals surface area contributed by atoms with E-state index < -0.39 is 0 Å². The van der Waals surface area contributed by atoms with Crippen molar-refractivity contribution in [3.63, 3.8) is 0 Å². The molecule has 0 N–H and O–H groups in total. The van der Waals surface area contributed by atoms with Gasteiger partial charge in [-0.05, 0) is 36.7 Å². The van der Waals surface area contributed by atoms with Gasteiger partial charge in [0.15, 0.2) is 0 Å². The molecule has 1 aromatic rings. The number of amides is 2. The molecule has 3 aliphatic rings. The number of hydrogen-bond donors (Lipinski definition) is 0. The van der Waals surface area contributed by atoms with E-state index in [1.807, 2.05) is 24.3 Å². The minimum absolute atomic E-state index is 0.0624. The van der Waals surface area contributed by atoms with Crippen molar-refractivity contribution in [3.8, 4) is 0 Å². The van der Waals surface area contributed by atoms with E-state index in [9.17, 15) is 9.59 Å². The SMILES string of the molecule is C=CC1CC(/C=C/c2ccccc2)C2C(=O)N(C3CCCCC3)C(=O)C12. The van der Waals surface area contributed by atoms with Crippen molar-refractivity contribution in [2.24, 2.45) is 23.7 Å². The van der Waals surface area contributed by atoms with Gasteiger partial charge in [0.25, 0.3) is 0 Å². The molecule has 2 aliphatic carbocycles. The van der Waals surface area contributed by atoms with E-state index in [0.29, 0.717) is 0 Å². The van der Waals surface area contributed by atoms with E-state index in [1.165, 1.54) is 6.42 Å². The molecule has 1 aliphatic heterocycles. The largest absolute Gasteiger partial charge is 0.279 e. The summed E-state index contributed by atoms with van der Waals surface area (Å²) in [7, 11) is 0. The lowest BCUT2D eigenvalue weighted by Gasteiger charge is -2.31.